The number of anilines is 1. The number of nitrogens with zero attached hydrogens (tertiary/aromatic N) is 4. The zero-order chi connectivity index (χ0) is 26.7. The minimum Gasteiger partial charge on any atom is -0.490 e. The molecule has 0 atom stereocenters. The summed E-state index contributed by atoms with van der Waals surface area (Å²) >= 11 is 0. The molecule has 0 saturated carbocycles. The third-order valence-corrected chi connectivity index (χ3v) is 6.19. The SMILES string of the molecule is CC(C)(C)n1cc(NC(=O)Cc2ccc(Oc3ncnc4ccc(OC5CCOCC5)cc34)cc2F)cn1. The lowest BCUT2D eigenvalue weighted by atomic mass is 10.1. The third kappa shape index (κ3) is 6.08. The van der Waals surface area contributed by atoms with E-state index in [1.54, 1.807) is 23.1 Å². The summed E-state index contributed by atoms with van der Waals surface area (Å²) in [6, 6.07) is 9.92. The van der Waals surface area contributed by atoms with Crippen molar-refractivity contribution in [1.29, 1.82) is 0 Å². The van der Waals surface area contributed by atoms with Crippen LogP contribution in [0.3, 0.4) is 0 Å². The van der Waals surface area contributed by atoms with Crippen LogP contribution in [0.4, 0.5) is 10.1 Å². The van der Waals surface area contributed by atoms with E-state index in [0.29, 0.717) is 35.6 Å². The fourth-order valence-corrected chi connectivity index (χ4v) is 4.13. The first-order valence-electron chi connectivity index (χ1n) is 12.5. The van der Waals surface area contributed by atoms with Gasteiger partial charge in [-0.05, 0) is 50.6 Å². The van der Waals surface area contributed by atoms with E-state index in [2.05, 4.69) is 20.4 Å². The summed E-state index contributed by atoms with van der Waals surface area (Å²) in [4.78, 5) is 21.1. The van der Waals surface area contributed by atoms with E-state index >= 15 is 0 Å². The van der Waals surface area contributed by atoms with Gasteiger partial charge in [0.1, 0.15) is 29.7 Å². The number of rotatable bonds is 7. The standard InChI is InChI=1S/C28H30FN5O4/c1-28(2,3)34-16-19(15-32-34)33-26(35)12-18-4-5-22(14-24(18)29)38-27-23-13-21(6-7-25(23)30-17-31-27)37-20-8-10-36-11-9-20/h4-7,13-17,20H,8-12H2,1-3H3,(H,33,35). The van der Waals surface area contributed by atoms with Crippen molar-refractivity contribution in [2.45, 2.75) is 51.7 Å². The van der Waals surface area contributed by atoms with Crippen molar-refractivity contribution in [2.24, 2.45) is 0 Å². The summed E-state index contributed by atoms with van der Waals surface area (Å²) in [5.74, 6) is 0.335. The number of hydrogen-bond donors (Lipinski definition) is 1. The average molecular weight is 520 g/mol. The normalized spacial score (nSPS) is 14.4. The number of carbonyl (C=O) groups is 1. The topological polar surface area (TPSA) is 100 Å². The molecule has 198 valence electrons. The molecular weight excluding hydrogens is 489 g/mol. The molecule has 38 heavy (non-hydrogen) atoms. The summed E-state index contributed by atoms with van der Waals surface area (Å²) in [5.41, 5.74) is 1.27. The lowest BCUT2D eigenvalue weighted by molar-refractivity contribution is -0.115. The van der Waals surface area contributed by atoms with Gasteiger partial charge in [0.15, 0.2) is 0 Å². The molecule has 0 spiro atoms. The lowest BCUT2D eigenvalue weighted by Gasteiger charge is -2.23. The van der Waals surface area contributed by atoms with E-state index in [9.17, 15) is 9.18 Å². The molecule has 9 nitrogen and oxygen atoms in total. The second-order valence-corrected chi connectivity index (χ2v) is 10.2. The second kappa shape index (κ2) is 10.7. The minimum absolute atomic E-state index is 0.0868. The van der Waals surface area contributed by atoms with Crippen molar-refractivity contribution >= 4 is 22.5 Å². The number of amides is 1. The number of fused-ring (bicyclic) bond motifs is 1. The van der Waals surface area contributed by atoms with Gasteiger partial charge in [-0.2, -0.15) is 5.10 Å². The molecule has 0 bridgehead atoms. The van der Waals surface area contributed by atoms with Crippen LogP contribution in [-0.2, 0) is 21.5 Å². The highest BCUT2D eigenvalue weighted by atomic mass is 19.1. The summed E-state index contributed by atoms with van der Waals surface area (Å²) in [6.07, 6.45) is 6.33. The maximum absolute atomic E-state index is 14.9. The molecule has 3 heterocycles. The first kappa shape index (κ1) is 25.6. The van der Waals surface area contributed by atoms with Crippen molar-refractivity contribution < 1.29 is 23.4 Å². The molecule has 0 unspecified atom stereocenters. The monoisotopic (exact) mass is 519 g/mol. The van der Waals surface area contributed by atoms with Crippen LogP contribution in [0.25, 0.3) is 10.9 Å². The van der Waals surface area contributed by atoms with Gasteiger partial charge in [0.05, 0.1) is 48.0 Å². The third-order valence-electron chi connectivity index (χ3n) is 6.19. The van der Waals surface area contributed by atoms with E-state index < -0.39 is 5.82 Å². The highest BCUT2D eigenvalue weighted by Crippen LogP contribution is 2.31. The van der Waals surface area contributed by atoms with Crippen LogP contribution >= 0.6 is 0 Å². The van der Waals surface area contributed by atoms with Gasteiger partial charge in [0.2, 0.25) is 11.8 Å². The Morgan fingerprint density at radius 1 is 1.13 bits per heavy atom. The van der Waals surface area contributed by atoms with Crippen LogP contribution in [0.1, 0.15) is 39.2 Å². The van der Waals surface area contributed by atoms with Crippen LogP contribution in [-0.4, -0.2) is 45.0 Å². The van der Waals surface area contributed by atoms with Crippen molar-refractivity contribution in [3.05, 3.63) is 66.5 Å². The van der Waals surface area contributed by atoms with Gasteiger partial charge < -0.3 is 19.5 Å². The highest BCUT2D eigenvalue weighted by Gasteiger charge is 2.18. The molecule has 0 radical (unpaired) electrons. The number of nitrogens with one attached hydrogen (secondary N) is 1. The molecule has 5 rings (SSSR count). The van der Waals surface area contributed by atoms with Gasteiger partial charge in [0.25, 0.3) is 0 Å². The Bertz CT molecular complexity index is 1440. The Morgan fingerprint density at radius 3 is 2.66 bits per heavy atom. The highest BCUT2D eigenvalue weighted by molar-refractivity contribution is 5.92. The Labute approximate surface area is 219 Å². The smallest absolute Gasteiger partial charge is 0.230 e. The molecule has 1 fully saturated rings. The predicted octanol–water partition coefficient (Wildman–Crippen LogP) is 5.25. The van der Waals surface area contributed by atoms with Gasteiger partial charge in [-0.1, -0.05) is 6.07 Å². The number of ether oxygens (including phenoxy) is 3. The average Bonchev–Trinajstić information content (AvgIpc) is 3.36. The molecule has 2 aromatic carbocycles. The van der Waals surface area contributed by atoms with E-state index in [-0.39, 0.29) is 41.2 Å². The van der Waals surface area contributed by atoms with Gasteiger partial charge in [-0.3, -0.25) is 9.48 Å². The second-order valence-electron chi connectivity index (χ2n) is 10.2. The molecule has 1 saturated heterocycles. The number of halogens is 1. The molecule has 4 aromatic rings. The number of carbonyl (C=O) groups excluding carboxylic acids is 1. The summed E-state index contributed by atoms with van der Waals surface area (Å²) < 4.78 is 34.1. The summed E-state index contributed by atoms with van der Waals surface area (Å²) in [5, 5.41) is 7.67. The van der Waals surface area contributed by atoms with Crippen molar-refractivity contribution in [3.8, 4) is 17.4 Å². The lowest BCUT2D eigenvalue weighted by Crippen LogP contribution is -2.25. The summed E-state index contributed by atoms with van der Waals surface area (Å²) in [7, 11) is 0. The fraction of sp³-hybridized carbons (Fsp3) is 0.357. The molecule has 1 amide bonds. The molecule has 2 aromatic heterocycles. The Balaban J connectivity index is 1.27. The number of hydrogen-bond acceptors (Lipinski definition) is 7. The molecular formula is C28H30FN5O4. The molecule has 1 aliphatic rings. The molecule has 1 N–H and O–H groups in total. The quantitative estimate of drug-likeness (QED) is 0.356. The summed E-state index contributed by atoms with van der Waals surface area (Å²) in [6.45, 7) is 7.39. The first-order chi connectivity index (χ1) is 18.2. The van der Waals surface area contributed by atoms with E-state index in [1.165, 1.54) is 18.5 Å². The van der Waals surface area contributed by atoms with Gasteiger partial charge in [-0.25, -0.2) is 14.4 Å². The molecule has 0 aliphatic carbocycles. The van der Waals surface area contributed by atoms with E-state index in [0.717, 1.165) is 12.8 Å². The van der Waals surface area contributed by atoms with Gasteiger partial charge in [-0.15, -0.1) is 0 Å². The Kier molecular flexibility index (Phi) is 7.24. The molecule has 10 heteroatoms. The maximum atomic E-state index is 14.9. The van der Waals surface area contributed by atoms with Crippen LogP contribution in [0.2, 0.25) is 0 Å². The fourth-order valence-electron chi connectivity index (χ4n) is 4.13. The first-order valence-corrected chi connectivity index (χ1v) is 12.5. The maximum Gasteiger partial charge on any atom is 0.230 e. The predicted molar refractivity (Wildman–Crippen MR) is 140 cm³/mol. The van der Waals surface area contributed by atoms with E-state index in [4.69, 9.17) is 14.2 Å². The van der Waals surface area contributed by atoms with E-state index in [1.807, 2.05) is 39.0 Å². The van der Waals surface area contributed by atoms with Crippen molar-refractivity contribution in [2.75, 3.05) is 18.5 Å². The van der Waals surface area contributed by atoms with Crippen LogP contribution in [0.15, 0.2) is 55.1 Å². The van der Waals surface area contributed by atoms with Crippen molar-refractivity contribution in [1.82, 2.24) is 19.7 Å². The van der Waals surface area contributed by atoms with Gasteiger partial charge >= 0.3 is 0 Å². The van der Waals surface area contributed by atoms with Crippen LogP contribution in [0, 0.1) is 5.82 Å². The minimum atomic E-state index is -0.551. The van der Waals surface area contributed by atoms with Crippen LogP contribution in [0.5, 0.6) is 17.4 Å². The Hall–Kier alpha value is -4.05. The number of aromatic nitrogens is 4. The van der Waals surface area contributed by atoms with Gasteiger partial charge in [0, 0.05) is 25.1 Å². The largest absolute Gasteiger partial charge is 0.490 e. The zero-order valence-electron chi connectivity index (χ0n) is 21.6. The Morgan fingerprint density at radius 2 is 1.92 bits per heavy atom. The van der Waals surface area contributed by atoms with Crippen LogP contribution < -0.4 is 14.8 Å². The van der Waals surface area contributed by atoms with Crippen molar-refractivity contribution in [3.63, 3.8) is 0 Å². The number of benzene rings is 2. The zero-order valence-corrected chi connectivity index (χ0v) is 21.6. The molecule has 1 aliphatic heterocycles.